The molecule has 6 nitrogen and oxygen atoms in total. The fourth-order valence-corrected chi connectivity index (χ4v) is 4.13. The Morgan fingerprint density at radius 1 is 1.47 bits per heavy atom. The number of nitrogens with zero attached hydrogens (tertiary/aromatic N) is 1. The minimum absolute atomic E-state index is 0.133. The normalized spacial score (nSPS) is 14.6. The van der Waals surface area contributed by atoms with Crippen molar-refractivity contribution in [1.29, 1.82) is 0 Å². The molecule has 1 aliphatic rings. The number of rotatable bonds is 4. The molecule has 0 saturated carbocycles. The number of fused-ring (bicyclic) bond motifs is 1. The van der Waals surface area contributed by atoms with E-state index in [2.05, 4.69) is 21.2 Å². The number of hydrogen-bond donors (Lipinski definition) is 2. The molecule has 1 heterocycles. The standard InChI is InChI=1S/C11H14BrN3O3S/c1-15(3-2-13)19(17,18)10-4-7-5-11(16)14-9(7)6-8(10)12/h4,6H,2-3,5,13H2,1H3,(H,14,16). The third kappa shape index (κ3) is 2.66. The van der Waals surface area contributed by atoms with Crippen LogP contribution in [0.3, 0.4) is 0 Å². The van der Waals surface area contributed by atoms with Gasteiger partial charge in [0.25, 0.3) is 0 Å². The summed E-state index contributed by atoms with van der Waals surface area (Å²) in [5, 5.41) is 2.67. The van der Waals surface area contributed by atoms with Gasteiger partial charge in [0, 0.05) is 30.3 Å². The quantitative estimate of drug-likeness (QED) is 0.830. The molecule has 1 aromatic rings. The van der Waals surface area contributed by atoms with Gasteiger partial charge >= 0.3 is 0 Å². The van der Waals surface area contributed by atoms with E-state index in [1.54, 1.807) is 6.07 Å². The van der Waals surface area contributed by atoms with Crippen LogP contribution >= 0.6 is 15.9 Å². The van der Waals surface area contributed by atoms with Crippen molar-refractivity contribution >= 4 is 37.5 Å². The number of benzene rings is 1. The average molecular weight is 348 g/mol. The molecule has 0 bridgehead atoms. The molecule has 104 valence electrons. The van der Waals surface area contributed by atoms with Gasteiger partial charge in [-0.15, -0.1) is 0 Å². The maximum Gasteiger partial charge on any atom is 0.243 e. The highest BCUT2D eigenvalue weighted by Gasteiger charge is 2.27. The Morgan fingerprint density at radius 3 is 2.79 bits per heavy atom. The summed E-state index contributed by atoms with van der Waals surface area (Å²) in [5.41, 5.74) is 6.72. The lowest BCUT2D eigenvalue weighted by atomic mass is 10.2. The van der Waals surface area contributed by atoms with Crippen molar-refractivity contribution in [2.24, 2.45) is 5.73 Å². The van der Waals surface area contributed by atoms with Gasteiger partial charge in [-0.1, -0.05) is 0 Å². The highest BCUT2D eigenvalue weighted by molar-refractivity contribution is 9.10. The zero-order valence-electron chi connectivity index (χ0n) is 10.3. The number of nitrogens with two attached hydrogens (primary N) is 1. The second kappa shape index (κ2) is 5.20. The SMILES string of the molecule is CN(CCN)S(=O)(=O)c1cc2c(cc1Br)NC(=O)C2. The van der Waals surface area contributed by atoms with Gasteiger partial charge in [-0.05, 0) is 33.6 Å². The molecular formula is C11H14BrN3O3S. The molecule has 0 aliphatic carbocycles. The van der Waals surface area contributed by atoms with E-state index in [9.17, 15) is 13.2 Å². The van der Waals surface area contributed by atoms with Gasteiger partial charge in [-0.3, -0.25) is 4.79 Å². The Labute approximate surface area is 120 Å². The van der Waals surface area contributed by atoms with Crippen molar-refractivity contribution in [3.63, 3.8) is 0 Å². The van der Waals surface area contributed by atoms with Crippen LogP contribution in [0, 0.1) is 0 Å². The zero-order valence-corrected chi connectivity index (χ0v) is 12.7. The van der Waals surface area contributed by atoms with E-state index in [0.717, 1.165) is 0 Å². The first-order valence-corrected chi connectivity index (χ1v) is 7.88. The Kier molecular flexibility index (Phi) is 3.95. The van der Waals surface area contributed by atoms with Crippen LogP contribution in [0.5, 0.6) is 0 Å². The first kappa shape index (κ1) is 14.4. The van der Waals surface area contributed by atoms with Gasteiger partial charge in [-0.2, -0.15) is 4.31 Å². The largest absolute Gasteiger partial charge is 0.329 e. The molecule has 0 spiro atoms. The van der Waals surface area contributed by atoms with Crippen LogP contribution < -0.4 is 11.1 Å². The molecule has 0 radical (unpaired) electrons. The molecular weight excluding hydrogens is 334 g/mol. The number of halogens is 1. The summed E-state index contributed by atoms with van der Waals surface area (Å²) in [6, 6.07) is 3.14. The van der Waals surface area contributed by atoms with Gasteiger partial charge in [0.05, 0.1) is 11.3 Å². The summed E-state index contributed by atoms with van der Waals surface area (Å²) in [7, 11) is -2.13. The van der Waals surface area contributed by atoms with Gasteiger partial charge < -0.3 is 11.1 Å². The average Bonchev–Trinajstić information content (AvgIpc) is 2.67. The molecule has 0 fully saturated rings. The first-order chi connectivity index (χ1) is 8.86. The fraction of sp³-hybridized carbons (Fsp3) is 0.364. The minimum atomic E-state index is -3.60. The topological polar surface area (TPSA) is 92.5 Å². The summed E-state index contributed by atoms with van der Waals surface area (Å²) in [6.07, 6.45) is 0.200. The molecule has 0 unspecified atom stereocenters. The van der Waals surface area contributed by atoms with E-state index in [1.807, 2.05) is 0 Å². The maximum atomic E-state index is 12.4. The maximum absolute atomic E-state index is 12.4. The second-order valence-corrected chi connectivity index (χ2v) is 7.15. The van der Waals surface area contributed by atoms with Crippen LogP contribution in [-0.2, 0) is 21.2 Å². The summed E-state index contributed by atoms with van der Waals surface area (Å²) < 4.78 is 26.3. The minimum Gasteiger partial charge on any atom is -0.329 e. The third-order valence-corrected chi connectivity index (χ3v) is 5.73. The van der Waals surface area contributed by atoms with Gasteiger partial charge in [0.1, 0.15) is 0 Å². The summed E-state index contributed by atoms with van der Waals surface area (Å²) in [4.78, 5) is 11.5. The molecule has 19 heavy (non-hydrogen) atoms. The lowest BCUT2D eigenvalue weighted by Crippen LogP contribution is -2.32. The molecule has 3 N–H and O–H groups in total. The predicted molar refractivity (Wildman–Crippen MR) is 75.3 cm³/mol. The van der Waals surface area contributed by atoms with E-state index < -0.39 is 10.0 Å². The van der Waals surface area contributed by atoms with E-state index in [0.29, 0.717) is 15.7 Å². The highest BCUT2D eigenvalue weighted by atomic mass is 79.9. The van der Waals surface area contributed by atoms with E-state index >= 15 is 0 Å². The molecule has 0 atom stereocenters. The zero-order chi connectivity index (χ0) is 14.2. The molecule has 1 amide bonds. The van der Waals surface area contributed by atoms with Crippen LogP contribution in [-0.4, -0.2) is 38.8 Å². The number of amides is 1. The summed E-state index contributed by atoms with van der Waals surface area (Å²) in [6.45, 7) is 0.487. The smallest absolute Gasteiger partial charge is 0.243 e. The lowest BCUT2D eigenvalue weighted by Gasteiger charge is -2.17. The third-order valence-electron chi connectivity index (χ3n) is 2.92. The monoisotopic (exact) mass is 347 g/mol. The number of hydrogen-bond acceptors (Lipinski definition) is 4. The van der Waals surface area contributed by atoms with Gasteiger partial charge in [0.15, 0.2) is 0 Å². The Balaban J connectivity index is 2.47. The molecule has 1 aliphatic heterocycles. The number of likely N-dealkylation sites (N-methyl/N-ethyl adjacent to an activating group) is 1. The number of carbonyl (C=O) groups is 1. The summed E-state index contributed by atoms with van der Waals surface area (Å²) in [5.74, 6) is -0.133. The van der Waals surface area contributed by atoms with Crippen molar-refractivity contribution in [2.45, 2.75) is 11.3 Å². The molecule has 0 aromatic heterocycles. The Morgan fingerprint density at radius 2 is 2.16 bits per heavy atom. The molecule has 8 heteroatoms. The molecule has 0 saturated heterocycles. The van der Waals surface area contributed by atoms with Crippen LogP contribution in [0.2, 0.25) is 0 Å². The molecule has 2 rings (SSSR count). The highest BCUT2D eigenvalue weighted by Crippen LogP contribution is 2.33. The van der Waals surface area contributed by atoms with Crippen LogP contribution in [0.1, 0.15) is 5.56 Å². The number of sulfonamides is 1. The van der Waals surface area contributed by atoms with Gasteiger partial charge in [0.2, 0.25) is 15.9 Å². The van der Waals surface area contributed by atoms with E-state index in [4.69, 9.17) is 5.73 Å². The van der Waals surface area contributed by atoms with E-state index in [1.165, 1.54) is 17.4 Å². The Hall–Kier alpha value is -0.960. The van der Waals surface area contributed by atoms with Crippen LogP contribution in [0.25, 0.3) is 0 Å². The first-order valence-electron chi connectivity index (χ1n) is 5.65. The summed E-state index contributed by atoms with van der Waals surface area (Å²) >= 11 is 3.24. The lowest BCUT2D eigenvalue weighted by molar-refractivity contribution is -0.115. The van der Waals surface area contributed by atoms with Crippen molar-refractivity contribution in [3.8, 4) is 0 Å². The molecule has 1 aromatic carbocycles. The second-order valence-electron chi connectivity index (χ2n) is 4.28. The van der Waals surface area contributed by atoms with Crippen LogP contribution in [0.4, 0.5) is 5.69 Å². The Bertz CT molecular complexity index is 630. The number of anilines is 1. The van der Waals surface area contributed by atoms with Crippen molar-refractivity contribution < 1.29 is 13.2 Å². The fourth-order valence-electron chi connectivity index (χ4n) is 1.89. The predicted octanol–water partition coefficient (Wildman–Crippen LogP) is 0.523. The van der Waals surface area contributed by atoms with Crippen molar-refractivity contribution in [1.82, 2.24) is 4.31 Å². The van der Waals surface area contributed by atoms with Gasteiger partial charge in [-0.25, -0.2) is 8.42 Å². The van der Waals surface area contributed by atoms with Crippen molar-refractivity contribution in [3.05, 3.63) is 22.2 Å². The van der Waals surface area contributed by atoms with Crippen LogP contribution in [0.15, 0.2) is 21.5 Å². The number of nitrogens with one attached hydrogen (secondary N) is 1. The number of carbonyl (C=O) groups excluding carboxylic acids is 1. The van der Waals surface area contributed by atoms with E-state index in [-0.39, 0.29) is 30.3 Å². The van der Waals surface area contributed by atoms with Crippen molar-refractivity contribution in [2.75, 3.05) is 25.5 Å².